The van der Waals surface area contributed by atoms with Crippen molar-refractivity contribution in [3.63, 3.8) is 0 Å². The number of pyridine rings is 1. The van der Waals surface area contributed by atoms with Gasteiger partial charge in [-0.1, -0.05) is 18.2 Å². The van der Waals surface area contributed by atoms with Crippen molar-refractivity contribution in [2.75, 3.05) is 6.61 Å². The predicted molar refractivity (Wildman–Crippen MR) is 129 cm³/mol. The molecule has 0 bridgehead atoms. The van der Waals surface area contributed by atoms with Crippen LogP contribution in [-0.4, -0.2) is 33.3 Å². The number of aromatic nitrogens is 2. The number of nitrogens with zero attached hydrogens (tertiary/aromatic N) is 2. The highest BCUT2D eigenvalue weighted by Gasteiger charge is 2.28. The van der Waals surface area contributed by atoms with Crippen LogP contribution in [0.4, 0.5) is 0 Å². The second kappa shape index (κ2) is 9.77. The maximum atomic E-state index is 13.6. The molecule has 33 heavy (non-hydrogen) atoms. The zero-order valence-corrected chi connectivity index (χ0v) is 20.7. The Labute approximate surface area is 195 Å². The largest absolute Gasteiger partial charge is 0.490 e. The average Bonchev–Trinajstić information content (AvgIpc) is 3.03. The smallest absolute Gasteiger partial charge is 0.306 e. The number of aryl methyl sites for hydroxylation is 3. The molecule has 176 valence electrons. The molecule has 2 heterocycles. The van der Waals surface area contributed by atoms with E-state index in [4.69, 9.17) is 9.47 Å². The normalized spacial score (nSPS) is 12.6. The van der Waals surface area contributed by atoms with Crippen LogP contribution in [0.25, 0.3) is 5.65 Å². The van der Waals surface area contributed by atoms with E-state index in [2.05, 4.69) is 4.98 Å². The van der Waals surface area contributed by atoms with Crippen LogP contribution in [0.1, 0.15) is 79.3 Å². The third kappa shape index (κ3) is 5.62. The van der Waals surface area contributed by atoms with Crippen molar-refractivity contribution >= 4 is 17.4 Å². The summed E-state index contributed by atoms with van der Waals surface area (Å²) in [5.74, 6) is -0.0305. The molecule has 0 saturated heterocycles. The molecule has 3 rings (SSSR count). The van der Waals surface area contributed by atoms with Crippen molar-refractivity contribution in [3.8, 4) is 5.75 Å². The molecule has 0 saturated carbocycles. The fourth-order valence-electron chi connectivity index (χ4n) is 4.41. The summed E-state index contributed by atoms with van der Waals surface area (Å²) in [6.45, 7) is 13.8. The van der Waals surface area contributed by atoms with Crippen LogP contribution in [0.3, 0.4) is 0 Å². The monoisotopic (exact) mass is 450 g/mol. The Balaban J connectivity index is 1.99. The van der Waals surface area contributed by atoms with E-state index in [0.29, 0.717) is 29.4 Å². The molecule has 0 amide bonds. The van der Waals surface area contributed by atoms with E-state index in [1.807, 2.05) is 85.0 Å². The summed E-state index contributed by atoms with van der Waals surface area (Å²) in [6, 6.07) is 9.72. The second-order valence-electron chi connectivity index (χ2n) is 9.47. The van der Waals surface area contributed by atoms with Crippen molar-refractivity contribution in [2.45, 2.75) is 72.8 Å². The van der Waals surface area contributed by atoms with Gasteiger partial charge in [0.1, 0.15) is 11.3 Å². The third-order valence-corrected chi connectivity index (χ3v) is 5.57. The van der Waals surface area contributed by atoms with Crippen LogP contribution in [0.5, 0.6) is 5.75 Å². The van der Waals surface area contributed by atoms with Gasteiger partial charge in [0, 0.05) is 18.5 Å². The quantitative estimate of drug-likeness (QED) is 0.323. The molecular formula is C27H34N2O4. The van der Waals surface area contributed by atoms with Crippen molar-refractivity contribution in [1.29, 1.82) is 0 Å². The Morgan fingerprint density at radius 3 is 2.30 bits per heavy atom. The molecule has 1 atom stereocenters. The van der Waals surface area contributed by atoms with Gasteiger partial charge >= 0.3 is 5.97 Å². The van der Waals surface area contributed by atoms with Gasteiger partial charge in [-0.3, -0.25) is 14.0 Å². The number of benzene rings is 1. The van der Waals surface area contributed by atoms with Gasteiger partial charge in [-0.15, -0.1) is 0 Å². The Hall–Kier alpha value is -3.15. The Morgan fingerprint density at radius 2 is 1.70 bits per heavy atom. The van der Waals surface area contributed by atoms with Crippen LogP contribution in [0, 0.1) is 20.8 Å². The fourth-order valence-corrected chi connectivity index (χ4v) is 4.41. The number of carbonyl (C=O) groups excluding carboxylic acids is 2. The fraction of sp³-hybridized carbons (Fsp3) is 0.444. The molecule has 0 aliphatic heterocycles. The zero-order chi connectivity index (χ0) is 24.3. The maximum absolute atomic E-state index is 13.6. The first-order valence-electron chi connectivity index (χ1n) is 11.4. The number of ether oxygens (including phenoxy) is 2. The topological polar surface area (TPSA) is 69.9 Å². The standard InChI is InChI=1S/C27H34N2O4/c1-8-32-22-13-10-14-29-25(19(4)28-26(22)29)21(30)15-20(16-23(31)33-27(5,6)7)24-17(2)11-9-12-18(24)3/h9-14,20H,8,15-16H2,1-7H3/t20-/m0/s1. The summed E-state index contributed by atoms with van der Waals surface area (Å²) in [5, 5.41) is 0. The summed E-state index contributed by atoms with van der Waals surface area (Å²) in [4.78, 5) is 31.0. The molecule has 0 unspecified atom stereocenters. The van der Waals surface area contributed by atoms with Crippen molar-refractivity contribution in [3.05, 3.63) is 64.6 Å². The summed E-state index contributed by atoms with van der Waals surface area (Å²) >= 11 is 0. The summed E-state index contributed by atoms with van der Waals surface area (Å²) in [7, 11) is 0. The van der Waals surface area contributed by atoms with Gasteiger partial charge in [0.2, 0.25) is 0 Å². The van der Waals surface area contributed by atoms with E-state index in [-0.39, 0.29) is 30.5 Å². The zero-order valence-electron chi connectivity index (χ0n) is 20.7. The first-order chi connectivity index (χ1) is 15.5. The molecule has 6 heteroatoms. The van der Waals surface area contributed by atoms with Crippen molar-refractivity contribution < 1.29 is 19.1 Å². The molecule has 0 spiro atoms. The van der Waals surface area contributed by atoms with Crippen LogP contribution in [0.2, 0.25) is 0 Å². The highest BCUT2D eigenvalue weighted by atomic mass is 16.6. The van der Waals surface area contributed by atoms with E-state index < -0.39 is 5.60 Å². The Bertz CT molecular complexity index is 1150. The Kier molecular flexibility index (Phi) is 7.25. The lowest BCUT2D eigenvalue weighted by atomic mass is 9.84. The summed E-state index contributed by atoms with van der Waals surface area (Å²) < 4.78 is 13.1. The minimum atomic E-state index is -0.583. The number of fused-ring (bicyclic) bond motifs is 1. The van der Waals surface area contributed by atoms with Gasteiger partial charge in [0.05, 0.1) is 18.7 Å². The number of imidazole rings is 1. The first-order valence-corrected chi connectivity index (χ1v) is 11.4. The molecular weight excluding hydrogens is 416 g/mol. The first kappa shape index (κ1) is 24.5. The van der Waals surface area contributed by atoms with Crippen LogP contribution >= 0.6 is 0 Å². The highest BCUT2D eigenvalue weighted by Crippen LogP contribution is 2.33. The van der Waals surface area contributed by atoms with Crippen LogP contribution in [-0.2, 0) is 9.53 Å². The number of carbonyl (C=O) groups is 2. The molecule has 1 aromatic carbocycles. The van der Waals surface area contributed by atoms with Crippen LogP contribution < -0.4 is 4.74 Å². The van der Waals surface area contributed by atoms with Crippen molar-refractivity contribution in [1.82, 2.24) is 9.38 Å². The van der Waals surface area contributed by atoms with Gasteiger partial charge in [-0.2, -0.15) is 0 Å². The van der Waals surface area contributed by atoms with Crippen LogP contribution in [0.15, 0.2) is 36.5 Å². The predicted octanol–water partition coefficient (Wildman–Crippen LogP) is 5.75. The highest BCUT2D eigenvalue weighted by molar-refractivity contribution is 5.97. The number of hydrogen-bond donors (Lipinski definition) is 0. The average molecular weight is 451 g/mol. The van der Waals surface area contributed by atoms with E-state index >= 15 is 0 Å². The van der Waals surface area contributed by atoms with Gasteiger partial charge in [-0.05, 0) is 77.3 Å². The molecule has 0 aliphatic carbocycles. The maximum Gasteiger partial charge on any atom is 0.306 e. The molecule has 0 radical (unpaired) electrons. The summed E-state index contributed by atoms with van der Waals surface area (Å²) in [5.41, 5.74) is 4.35. The third-order valence-electron chi connectivity index (χ3n) is 5.57. The van der Waals surface area contributed by atoms with Gasteiger partial charge < -0.3 is 9.47 Å². The van der Waals surface area contributed by atoms with E-state index in [1.165, 1.54) is 0 Å². The molecule has 6 nitrogen and oxygen atoms in total. The van der Waals surface area contributed by atoms with Gasteiger partial charge in [0.25, 0.3) is 0 Å². The molecule has 0 N–H and O–H groups in total. The molecule has 2 aromatic heterocycles. The molecule has 3 aromatic rings. The lowest BCUT2D eigenvalue weighted by molar-refractivity contribution is -0.155. The van der Waals surface area contributed by atoms with E-state index in [1.54, 1.807) is 4.40 Å². The van der Waals surface area contributed by atoms with Gasteiger partial charge in [-0.25, -0.2) is 4.98 Å². The molecule has 0 aliphatic rings. The second-order valence-corrected chi connectivity index (χ2v) is 9.47. The van der Waals surface area contributed by atoms with Gasteiger partial charge in [0.15, 0.2) is 17.2 Å². The van der Waals surface area contributed by atoms with Crippen molar-refractivity contribution in [2.24, 2.45) is 0 Å². The number of esters is 1. The number of ketones is 1. The summed E-state index contributed by atoms with van der Waals surface area (Å²) in [6.07, 6.45) is 2.14. The van der Waals surface area contributed by atoms with E-state index in [0.717, 1.165) is 16.7 Å². The molecule has 0 fully saturated rings. The lowest BCUT2D eigenvalue weighted by Crippen LogP contribution is -2.26. The lowest BCUT2D eigenvalue weighted by Gasteiger charge is -2.24. The minimum absolute atomic E-state index is 0.0649. The number of hydrogen-bond acceptors (Lipinski definition) is 5. The number of Topliss-reactive ketones (excluding diaryl/α,β-unsaturated/α-hetero) is 1. The minimum Gasteiger partial charge on any atom is -0.490 e. The SMILES string of the molecule is CCOc1cccn2c(C(=O)C[C@@H](CC(=O)OC(C)(C)C)c3c(C)cccc3C)c(C)nc12. The number of rotatable bonds is 8. The Morgan fingerprint density at radius 1 is 1.03 bits per heavy atom. The van der Waals surface area contributed by atoms with E-state index in [9.17, 15) is 9.59 Å².